The van der Waals surface area contributed by atoms with Crippen LogP contribution in [0.3, 0.4) is 0 Å². The second-order valence-electron chi connectivity index (χ2n) is 6.73. The Morgan fingerprint density at radius 3 is 2.89 bits per heavy atom. The Kier molecular flexibility index (Phi) is 5.18. The lowest BCUT2D eigenvalue weighted by atomic mass is 9.98. The molecule has 0 aliphatic carbocycles. The molecule has 1 fully saturated rings. The fourth-order valence-corrected chi connectivity index (χ4v) is 3.91. The van der Waals surface area contributed by atoms with E-state index in [0.29, 0.717) is 10.9 Å². The summed E-state index contributed by atoms with van der Waals surface area (Å²) in [4.78, 5) is 10.4. The number of nitrogens with zero attached hydrogens (tertiary/aromatic N) is 2. The molecule has 1 aliphatic heterocycles. The number of H-pyrrole nitrogens is 1. The van der Waals surface area contributed by atoms with E-state index in [1.165, 1.54) is 0 Å². The van der Waals surface area contributed by atoms with Crippen LogP contribution >= 0.6 is 23.8 Å². The van der Waals surface area contributed by atoms with E-state index in [2.05, 4.69) is 15.2 Å². The number of imidazole rings is 1. The van der Waals surface area contributed by atoms with Gasteiger partial charge in [0.15, 0.2) is 5.11 Å². The summed E-state index contributed by atoms with van der Waals surface area (Å²) in [5.74, 6) is 2.15. The lowest BCUT2D eigenvalue weighted by Gasteiger charge is -2.33. The predicted molar refractivity (Wildman–Crippen MR) is 114 cm³/mol. The fraction of sp³-hybridized carbons (Fsp3) is 0.300. The van der Waals surface area contributed by atoms with Crippen LogP contribution in [0, 0.1) is 0 Å². The van der Waals surface area contributed by atoms with Gasteiger partial charge in [-0.3, -0.25) is 0 Å². The van der Waals surface area contributed by atoms with Crippen LogP contribution in [0.15, 0.2) is 42.5 Å². The summed E-state index contributed by atoms with van der Waals surface area (Å²) < 4.78 is 5.20. The summed E-state index contributed by atoms with van der Waals surface area (Å²) in [5, 5.41) is 4.78. The van der Waals surface area contributed by atoms with Gasteiger partial charge in [0.1, 0.15) is 11.6 Å². The first kappa shape index (κ1) is 18.1. The van der Waals surface area contributed by atoms with Crippen LogP contribution < -0.4 is 10.1 Å². The quantitative estimate of drug-likeness (QED) is 0.618. The van der Waals surface area contributed by atoms with Gasteiger partial charge in [0, 0.05) is 29.7 Å². The van der Waals surface area contributed by atoms with Gasteiger partial charge in [0.25, 0.3) is 0 Å². The molecule has 1 saturated heterocycles. The number of rotatable bonds is 3. The van der Waals surface area contributed by atoms with E-state index in [-0.39, 0.29) is 0 Å². The molecule has 0 saturated carbocycles. The minimum atomic E-state index is 0.320. The molecule has 1 atom stereocenters. The number of benzene rings is 2. The number of ether oxygens (including phenoxy) is 1. The molecule has 4 rings (SSSR count). The molecule has 2 heterocycles. The van der Waals surface area contributed by atoms with Crippen molar-refractivity contribution >= 4 is 45.7 Å². The summed E-state index contributed by atoms with van der Waals surface area (Å²) in [5.41, 5.74) is 2.89. The Morgan fingerprint density at radius 2 is 2.11 bits per heavy atom. The number of fused-ring (bicyclic) bond motifs is 1. The Hall–Kier alpha value is -2.31. The maximum Gasteiger partial charge on any atom is 0.173 e. The van der Waals surface area contributed by atoms with Crippen molar-refractivity contribution in [2.24, 2.45) is 0 Å². The minimum Gasteiger partial charge on any atom is -0.497 e. The number of aromatic amines is 1. The van der Waals surface area contributed by atoms with Crippen LogP contribution in [0.2, 0.25) is 5.02 Å². The van der Waals surface area contributed by atoms with Crippen LogP contribution in [0.1, 0.15) is 24.6 Å². The highest BCUT2D eigenvalue weighted by atomic mass is 35.5. The molecular formula is C20H21ClN4OS. The molecule has 5 nitrogen and oxygen atoms in total. The lowest BCUT2D eigenvalue weighted by molar-refractivity contribution is 0.307. The Morgan fingerprint density at radius 1 is 1.30 bits per heavy atom. The Balaban J connectivity index is 1.45. The molecule has 2 N–H and O–H groups in total. The molecule has 0 amide bonds. The number of halogens is 1. The van der Waals surface area contributed by atoms with Crippen molar-refractivity contribution < 1.29 is 4.74 Å². The molecule has 27 heavy (non-hydrogen) atoms. The predicted octanol–water partition coefficient (Wildman–Crippen LogP) is 4.80. The van der Waals surface area contributed by atoms with Crippen LogP contribution in [0.4, 0.5) is 5.69 Å². The summed E-state index contributed by atoms with van der Waals surface area (Å²) in [6.45, 7) is 1.79. The van der Waals surface area contributed by atoms with Gasteiger partial charge >= 0.3 is 0 Å². The first-order chi connectivity index (χ1) is 13.1. The second-order valence-corrected chi connectivity index (χ2v) is 7.55. The van der Waals surface area contributed by atoms with Crippen LogP contribution in [0.5, 0.6) is 5.75 Å². The van der Waals surface area contributed by atoms with Gasteiger partial charge < -0.3 is 19.9 Å². The highest BCUT2D eigenvalue weighted by Crippen LogP contribution is 2.28. The maximum atomic E-state index is 6.09. The zero-order valence-corrected chi connectivity index (χ0v) is 16.6. The average molecular weight is 401 g/mol. The van der Waals surface area contributed by atoms with E-state index in [9.17, 15) is 0 Å². The van der Waals surface area contributed by atoms with Crippen LogP contribution in [0.25, 0.3) is 11.0 Å². The molecule has 1 aliphatic rings. The molecule has 0 spiro atoms. The Bertz CT molecular complexity index is 956. The van der Waals surface area contributed by atoms with Gasteiger partial charge in [-0.2, -0.15) is 0 Å². The summed E-state index contributed by atoms with van der Waals surface area (Å²) in [6, 6.07) is 13.5. The molecule has 2 aromatic carbocycles. The standard InChI is InChI=1S/C20H21ClN4OS/c1-26-16-7-5-15(6-8-16)22-20(27)25-10-2-3-13(12-25)19-23-17-9-4-14(21)11-18(17)24-19/h4-9,11,13H,2-3,10,12H2,1H3,(H,22,27)(H,23,24). The number of anilines is 1. The van der Waals surface area contributed by atoms with Gasteiger partial charge in [-0.15, -0.1) is 0 Å². The average Bonchev–Trinajstić information content (AvgIpc) is 3.12. The van der Waals surface area contributed by atoms with E-state index < -0.39 is 0 Å². The third-order valence-corrected chi connectivity index (χ3v) is 5.49. The van der Waals surface area contributed by atoms with Crippen LogP contribution in [-0.4, -0.2) is 40.2 Å². The van der Waals surface area contributed by atoms with E-state index >= 15 is 0 Å². The van der Waals surface area contributed by atoms with Crippen molar-refractivity contribution in [2.75, 3.05) is 25.5 Å². The smallest absolute Gasteiger partial charge is 0.173 e. The van der Waals surface area contributed by atoms with Crippen molar-refractivity contribution in [3.8, 4) is 5.75 Å². The monoisotopic (exact) mass is 400 g/mol. The number of methoxy groups -OCH3 is 1. The maximum absolute atomic E-state index is 6.09. The van der Waals surface area contributed by atoms with E-state index in [4.69, 9.17) is 33.5 Å². The second kappa shape index (κ2) is 7.74. The largest absolute Gasteiger partial charge is 0.497 e. The third kappa shape index (κ3) is 4.01. The number of aromatic nitrogens is 2. The summed E-state index contributed by atoms with van der Waals surface area (Å²) in [7, 11) is 1.66. The van der Waals surface area contributed by atoms with Crippen molar-refractivity contribution in [3.05, 3.63) is 53.3 Å². The SMILES string of the molecule is COc1ccc(NC(=S)N2CCCC(c3nc4ccc(Cl)cc4[nH]3)C2)cc1. The number of hydrogen-bond acceptors (Lipinski definition) is 3. The highest BCUT2D eigenvalue weighted by molar-refractivity contribution is 7.80. The van der Waals surface area contributed by atoms with Gasteiger partial charge in [-0.1, -0.05) is 11.6 Å². The zero-order chi connectivity index (χ0) is 18.8. The van der Waals surface area contributed by atoms with E-state index in [0.717, 1.165) is 59.3 Å². The first-order valence-corrected chi connectivity index (χ1v) is 9.76. The van der Waals surface area contributed by atoms with Gasteiger partial charge in [-0.05, 0) is 67.5 Å². The number of hydrogen-bond donors (Lipinski definition) is 2. The van der Waals surface area contributed by atoms with Crippen molar-refractivity contribution in [2.45, 2.75) is 18.8 Å². The zero-order valence-electron chi connectivity index (χ0n) is 15.0. The highest BCUT2D eigenvalue weighted by Gasteiger charge is 2.25. The number of thiocarbonyl (C=S) groups is 1. The topological polar surface area (TPSA) is 53.2 Å². The first-order valence-electron chi connectivity index (χ1n) is 8.97. The van der Waals surface area contributed by atoms with Gasteiger partial charge in [-0.25, -0.2) is 4.98 Å². The van der Waals surface area contributed by atoms with Gasteiger partial charge in [0.05, 0.1) is 18.1 Å². The summed E-state index contributed by atoms with van der Waals surface area (Å²) >= 11 is 11.7. The van der Waals surface area contributed by atoms with Crippen LogP contribution in [-0.2, 0) is 0 Å². The third-order valence-electron chi connectivity index (χ3n) is 4.90. The molecular weight excluding hydrogens is 380 g/mol. The summed E-state index contributed by atoms with van der Waals surface area (Å²) in [6.07, 6.45) is 2.17. The molecule has 7 heteroatoms. The molecule has 0 radical (unpaired) electrons. The number of likely N-dealkylation sites (tertiary alicyclic amines) is 1. The molecule has 140 valence electrons. The molecule has 1 unspecified atom stereocenters. The van der Waals surface area contributed by atoms with Crippen molar-refractivity contribution in [1.82, 2.24) is 14.9 Å². The van der Waals surface area contributed by atoms with Crippen molar-refractivity contribution in [3.63, 3.8) is 0 Å². The van der Waals surface area contributed by atoms with Crippen molar-refractivity contribution in [1.29, 1.82) is 0 Å². The molecule has 3 aromatic rings. The Labute approximate surface area is 168 Å². The lowest BCUT2D eigenvalue weighted by Crippen LogP contribution is -2.41. The number of piperidine rings is 1. The number of nitrogens with one attached hydrogen (secondary N) is 2. The minimum absolute atomic E-state index is 0.320. The van der Waals surface area contributed by atoms with Gasteiger partial charge in [0.2, 0.25) is 0 Å². The fourth-order valence-electron chi connectivity index (χ4n) is 3.46. The normalized spacial score (nSPS) is 17.1. The molecule has 1 aromatic heterocycles. The molecule has 0 bridgehead atoms. The van der Waals surface area contributed by atoms with E-state index in [1.807, 2.05) is 42.5 Å². The van der Waals surface area contributed by atoms with E-state index in [1.54, 1.807) is 7.11 Å².